The zero-order valence-corrected chi connectivity index (χ0v) is 16.0. The van der Waals surface area contributed by atoms with Crippen molar-refractivity contribution in [1.82, 2.24) is 19.6 Å². The lowest BCUT2D eigenvalue weighted by Gasteiger charge is -2.50. The predicted molar refractivity (Wildman–Crippen MR) is 95.5 cm³/mol. The van der Waals surface area contributed by atoms with E-state index in [-0.39, 0.29) is 5.54 Å². The molecule has 0 aromatic rings. The molecule has 2 aliphatic rings. The number of hydrogen-bond donors (Lipinski definition) is 0. The molecule has 2 aliphatic heterocycles. The first-order valence-electron chi connectivity index (χ1n) is 9.14. The van der Waals surface area contributed by atoms with E-state index in [0.717, 1.165) is 0 Å². The highest BCUT2D eigenvalue weighted by Crippen LogP contribution is 2.22. The Hall–Kier alpha value is -0.160. The molecule has 2 atom stereocenters. The number of piperazine rings is 2. The van der Waals surface area contributed by atoms with Gasteiger partial charge in [-0.05, 0) is 48.6 Å². The molecule has 0 saturated carbocycles. The molecule has 130 valence electrons. The van der Waals surface area contributed by atoms with Gasteiger partial charge in [-0.3, -0.25) is 14.7 Å². The Kier molecular flexibility index (Phi) is 5.92. The second-order valence-corrected chi connectivity index (χ2v) is 8.50. The Morgan fingerprint density at radius 3 is 2.18 bits per heavy atom. The molecule has 0 aromatic carbocycles. The molecule has 2 saturated heterocycles. The van der Waals surface area contributed by atoms with E-state index in [1.54, 1.807) is 0 Å². The predicted octanol–water partition coefficient (Wildman–Crippen LogP) is 1.82. The lowest BCUT2D eigenvalue weighted by atomic mass is 9.98. The lowest BCUT2D eigenvalue weighted by molar-refractivity contribution is -0.00914. The number of rotatable bonds is 4. The summed E-state index contributed by atoms with van der Waals surface area (Å²) in [6, 6.07) is 2.02. The van der Waals surface area contributed by atoms with Gasteiger partial charge < -0.3 is 4.90 Å². The van der Waals surface area contributed by atoms with Crippen molar-refractivity contribution in [3.63, 3.8) is 0 Å². The van der Waals surface area contributed by atoms with E-state index < -0.39 is 0 Å². The molecule has 4 heteroatoms. The Labute approximate surface area is 138 Å². The monoisotopic (exact) mass is 310 g/mol. The SMILES string of the molecule is CC(C)N1CCN(CC(C)(C)N2CCN(C)[C@@H](C)C2)C[C@@H]1C. The van der Waals surface area contributed by atoms with Gasteiger partial charge in [0.2, 0.25) is 0 Å². The van der Waals surface area contributed by atoms with Gasteiger partial charge in [0, 0.05) is 69.5 Å². The molecule has 0 bridgehead atoms. The van der Waals surface area contributed by atoms with E-state index in [0.29, 0.717) is 18.1 Å². The van der Waals surface area contributed by atoms with Crippen molar-refractivity contribution in [1.29, 1.82) is 0 Å². The zero-order chi connectivity index (χ0) is 16.5. The van der Waals surface area contributed by atoms with E-state index in [1.165, 1.54) is 45.8 Å². The molecule has 22 heavy (non-hydrogen) atoms. The van der Waals surface area contributed by atoms with Gasteiger partial charge in [-0.1, -0.05) is 0 Å². The summed E-state index contributed by atoms with van der Waals surface area (Å²) >= 11 is 0. The van der Waals surface area contributed by atoms with Gasteiger partial charge in [0.05, 0.1) is 0 Å². The molecule has 2 fully saturated rings. The molecule has 0 N–H and O–H groups in total. The first-order chi connectivity index (χ1) is 10.2. The minimum absolute atomic E-state index is 0.273. The molecule has 0 aromatic heterocycles. The minimum Gasteiger partial charge on any atom is -0.301 e. The third-order valence-corrected chi connectivity index (χ3v) is 5.85. The molecule has 0 unspecified atom stereocenters. The summed E-state index contributed by atoms with van der Waals surface area (Å²) in [6.07, 6.45) is 0. The van der Waals surface area contributed by atoms with E-state index in [4.69, 9.17) is 0 Å². The van der Waals surface area contributed by atoms with Gasteiger partial charge in [-0.2, -0.15) is 0 Å². The highest BCUT2D eigenvalue weighted by atomic mass is 15.3. The number of nitrogens with zero attached hydrogens (tertiary/aromatic N) is 4. The highest BCUT2D eigenvalue weighted by molar-refractivity contribution is 4.92. The van der Waals surface area contributed by atoms with Crippen LogP contribution in [0.3, 0.4) is 0 Å². The van der Waals surface area contributed by atoms with Crippen LogP contribution in [0.25, 0.3) is 0 Å². The molecular formula is C18H38N4. The van der Waals surface area contributed by atoms with Crippen LogP contribution in [0, 0.1) is 0 Å². The van der Waals surface area contributed by atoms with E-state index >= 15 is 0 Å². The van der Waals surface area contributed by atoms with E-state index in [9.17, 15) is 0 Å². The van der Waals surface area contributed by atoms with Crippen molar-refractivity contribution in [2.75, 3.05) is 52.9 Å². The molecule has 0 amide bonds. The molecular weight excluding hydrogens is 272 g/mol. The van der Waals surface area contributed by atoms with Crippen molar-refractivity contribution in [2.45, 2.75) is 65.2 Å². The van der Waals surface area contributed by atoms with Crippen LogP contribution in [0.2, 0.25) is 0 Å². The van der Waals surface area contributed by atoms with Crippen LogP contribution in [-0.2, 0) is 0 Å². The van der Waals surface area contributed by atoms with Crippen LogP contribution in [0.5, 0.6) is 0 Å². The first-order valence-corrected chi connectivity index (χ1v) is 9.14. The lowest BCUT2D eigenvalue weighted by Crippen LogP contribution is -2.62. The van der Waals surface area contributed by atoms with Crippen LogP contribution >= 0.6 is 0 Å². The third kappa shape index (κ3) is 4.22. The fourth-order valence-corrected chi connectivity index (χ4v) is 4.20. The molecule has 0 spiro atoms. The van der Waals surface area contributed by atoms with Crippen molar-refractivity contribution in [3.05, 3.63) is 0 Å². The Balaban J connectivity index is 1.89. The molecule has 0 aliphatic carbocycles. The van der Waals surface area contributed by atoms with E-state index in [1.807, 2.05) is 0 Å². The topological polar surface area (TPSA) is 13.0 Å². The second-order valence-electron chi connectivity index (χ2n) is 8.50. The molecule has 4 nitrogen and oxygen atoms in total. The van der Waals surface area contributed by atoms with Crippen molar-refractivity contribution in [3.8, 4) is 0 Å². The van der Waals surface area contributed by atoms with Crippen LogP contribution < -0.4 is 0 Å². The Bertz CT molecular complexity index is 355. The van der Waals surface area contributed by atoms with Gasteiger partial charge in [0.1, 0.15) is 0 Å². The van der Waals surface area contributed by atoms with Gasteiger partial charge >= 0.3 is 0 Å². The first kappa shape index (κ1) is 18.2. The summed E-state index contributed by atoms with van der Waals surface area (Å²) in [6.45, 7) is 22.7. The van der Waals surface area contributed by atoms with Crippen molar-refractivity contribution in [2.24, 2.45) is 0 Å². The average Bonchev–Trinajstić information content (AvgIpc) is 2.40. The molecule has 2 rings (SSSR count). The normalized spacial score (nSPS) is 31.1. The average molecular weight is 311 g/mol. The van der Waals surface area contributed by atoms with Crippen molar-refractivity contribution >= 4 is 0 Å². The number of likely N-dealkylation sites (N-methyl/N-ethyl adjacent to an activating group) is 1. The van der Waals surface area contributed by atoms with Gasteiger partial charge in [-0.15, -0.1) is 0 Å². The summed E-state index contributed by atoms with van der Waals surface area (Å²) in [5.74, 6) is 0. The summed E-state index contributed by atoms with van der Waals surface area (Å²) in [7, 11) is 2.25. The fourth-order valence-electron chi connectivity index (χ4n) is 4.20. The smallest absolute Gasteiger partial charge is 0.0281 e. The minimum atomic E-state index is 0.273. The summed E-state index contributed by atoms with van der Waals surface area (Å²) < 4.78 is 0. The fraction of sp³-hybridized carbons (Fsp3) is 1.00. The second kappa shape index (κ2) is 7.16. The summed E-state index contributed by atoms with van der Waals surface area (Å²) in [4.78, 5) is 10.5. The highest BCUT2D eigenvalue weighted by Gasteiger charge is 2.35. The Morgan fingerprint density at radius 1 is 0.955 bits per heavy atom. The summed E-state index contributed by atoms with van der Waals surface area (Å²) in [5.41, 5.74) is 0.273. The Morgan fingerprint density at radius 2 is 1.64 bits per heavy atom. The van der Waals surface area contributed by atoms with Crippen LogP contribution in [0.4, 0.5) is 0 Å². The third-order valence-electron chi connectivity index (χ3n) is 5.85. The maximum absolute atomic E-state index is 2.71. The maximum Gasteiger partial charge on any atom is 0.0281 e. The summed E-state index contributed by atoms with van der Waals surface area (Å²) in [5, 5.41) is 0. The molecule has 2 heterocycles. The maximum atomic E-state index is 2.71. The van der Waals surface area contributed by atoms with Crippen LogP contribution in [0.1, 0.15) is 41.5 Å². The number of hydrogen-bond acceptors (Lipinski definition) is 4. The van der Waals surface area contributed by atoms with Crippen LogP contribution in [0.15, 0.2) is 0 Å². The quantitative estimate of drug-likeness (QED) is 0.785. The van der Waals surface area contributed by atoms with Crippen molar-refractivity contribution < 1.29 is 0 Å². The van der Waals surface area contributed by atoms with Gasteiger partial charge in [-0.25, -0.2) is 0 Å². The standard InChI is InChI=1S/C18H38N4/c1-15(2)22-11-9-20(12-17(22)4)14-18(5,6)21-10-8-19(7)16(3)13-21/h15-17H,8-14H2,1-7H3/t16-,17-/m0/s1. The van der Waals surface area contributed by atoms with Gasteiger partial charge in [0.15, 0.2) is 0 Å². The largest absolute Gasteiger partial charge is 0.301 e. The zero-order valence-electron chi connectivity index (χ0n) is 16.0. The van der Waals surface area contributed by atoms with Gasteiger partial charge in [0.25, 0.3) is 0 Å². The van der Waals surface area contributed by atoms with E-state index in [2.05, 4.69) is 68.2 Å². The molecule has 0 radical (unpaired) electrons. The van der Waals surface area contributed by atoms with Crippen LogP contribution in [-0.4, -0.2) is 96.1 Å².